The summed E-state index contributed by atoms with van der Waals surface area (Å²) in [5.41, 5.74) is 0.180. The van der Waals surface area contributed by atoms with Crippen LogP contribution in [0.2, 0.25) is 0 Å². The molecular formula is C22H21F3I4O7S. The van der Waals surface area contributed by atoms with Gasteiger partial charge < -0.3 is 14.2 Å². The summed E-state index contributed by atoms with van der Waals surface area (Å²) >= 11 is 9.26. The largest absolute Gasteiger partial charge is 0.465 e. The van der Waals surface area contributed by atoms with E-state index in [4.69, 9.17) is 18.8 Å². The highest BCUT2D eigenvalue weighted by molar-refractivity contribution is 14.1. The normalized spacial score (nSPS) is 33.2. The molecule has 1 aromatic rings. The molecule has 1 N–H and O–H groups in total. The number of alkyl halides is 3. The second kappa shape index (κ2) is 10.1. The zero-order chi connectivity index (χ0) is 27.1. The molecule has 15 heteroatoms. The Morgan fingerprint density at radius 3 is 2.27 bits per heavy atom. The van der Waals surface area contributed by atoms with Crippen LogP contribution >= 0.6 is 90.4 Å². The first-order valence-electron chi connectivity index (χ1n) is 11.5. The van der Waals surface area contributed by atoms with Crippen LogP contribution in [-0.2, 0) is 31.0 Å². The van der Waals surface area contributed by atoms with Gasteiger partial charge in [0.05, 0.1) is 22.2 Å². The van der Waals surface area contributed by atoms with Gasteiger partial charge in [0.2, 0.25) is 5.79 Å². The van der Waals surface area contributed by atoms with Crippen molar-refractivity contribution in [3.63, 3.8) is 0 Å². The molecule has 4 bridgehead atoms. The SMILES string of the molecule is O=C(OCCC(F)C(F)(F)S(=O)(=O)O)C12CC3CC(C1)C1(OCc4c(I)c(I)c(I)c(I)c4O1)C(C3)C2. The van der Waals surface area contributed by atoms with E-state index in [1.165, 1.54) is 0 Å². The maximum Gasteiger partial charge on any atom is 0.400 e. The van der Waals surface area contributed by atoms with Crippen LogP contribution in [0.25, 0.3) is 0 Å². The van der Waals surface area contributed by atoms with Crippen LogP contribution in [0.15, 0.2) is 0 Å². The van der Waals surface area contributed by atoms with E-state index in [0.29, 0.717) is 25.9 Å². The fourth-order valence-electron chi connectivity index (χ4n) is 6.58. The van der Waals surface area contributed by atoms with Crippen LogP contribution in [0.3, 0.4) is 0 Å². The highest BCUT2D eigenvalue weighted by Crippen LogP contribution is 2.66. The maximum absolute atomic E-state index is 13.8. The minimum absolute atomic E-state index is 0.0670. The lowest BCUT2D eigenvalue weighted by Crippen LogP contribution is -2.67. The number of esters is 1. The first-order valence-corrected chi connectivity index (χ1v) is 17.2. The summed E-state index contributed by atoms with van der Waals surface area (Å²) in [4.78, 5) is 13.2. The summed E-state index contributed by atoms with van der Waals surface area (Å²) < 4.78 is 93.8. The molecule has 4 fully saturated rings. The predicted molar refractivity (Wildman–Crippen MR) is 158 cm³/mol. The number of hydrogen-bond donors (Lipinski definition) is 1. The number of ether oxygens (including phenoxy) is 3. The fraction of sp³-hybridized carbons (Fsp3) is 0.682. The van der Waals surface area contributed by atoms with Crippen molar-refractivity contribution in [2.75, 3.05) is 6.61 Å². The van der Waals surface area contributed by atoms with Gasteiger partial charge in [-0.15, -0.1) is 0 Å². The van der Waals surface area contributed by atoms with Gasteiger partial charge in [-0.1, -0.05) is 0 Å². The molecule has 7 nitrogen and oxygen atoms in total. The van der Waals surface area contributed by atoms with Crippen LogP contribution in [-0.4, -0.2) is 42.8 Å². The van der Waals surface area contributed by atoms with Crippen LogP contribution in [0.1, 0.15) is 44.1 Å². The van der Waals surface area contributed by atoms with E-state index in [1.807, 2.05) is 0 Å². The van der Waals surface area contributed by atoms with Gasteiger partial charge in [-0.3, -0.25) is 9.35 Å². The summed E-state index contributed by atoms with van der Waals surface area (Å²) in [7, 11) is -5.92. The minimum Gasteiger partial charge on any atom is -0.465 e. The van der Waals surface area contributed by atoms with Gasteiger partial charge in [-0.25, -0.2) is 4.39 Å². The van der Waals surface area contributed by atoms with Crippen molar-refractivity contribution in [2.24, 2.45) is 23.2 Å². The number of fused-ring (bicyclic) bond motifs is 1. The third kappa shape index (κ3) is 4.74. The van der Waals surface area contributed by atoms with Crippen molar-refractivity contribution >= 4 is 106 Å². The molecule has 0 saturated heterocycles. The van der Waals surface area contributed by atoms with Gasteiger partial charge in [-0.05, 0) is 128 Å². The number of carbonyl (C=O) groups is 1. The molecule has 37 heavy (non-hydrogen) atoms. The van der Waals surface area contributed by atoms with E-state index in [2.05, 4.69) is 90.4 Å². The summed E-state index contributed by atoms with van der Waals surface area (Å²) in [6.07, 6.45) is -1.08. The van der Waals surface area contributed by atoms with E-state index < -0.39 is 51.7 Å². The van der Waals surface area contributed by atoms with Crippen molar-refractivity contribution in [1.82, 2.24) is 0 Å². The van der Waals surface area contributed by atoms with E-state index in [1.54, 1.807) is 0 Å². The summed E-state index contributed by atoms with van der Waals surface area (Å²) in [6, 6.07) is 0. The standard InChI is InChI=1S/C22H21F3I4O7S/c23-13(22(24,25)37(31,32)33)1-2-34-19(30)20-5-9-3-10(6-20)21(11(4-9)7-20)35-8-12-14(26)15(27)16(28)17(29)18(12)36-21/h9-11,13H,1-8H2,(H,31,32,33). The molecule has 1 heterocycles. The Morgan fingerprint density at radius 1 is 1.08 bits per heavy atom. The number of hydrogen-bond acceptors (Lipinski definition) is 6. The Bertz CT molecular complexity index is 1250. The summed E-state index contributed by atoms with van der Waals surface area (Å²) in [5.74, 6) is -0.482. The third-order valence-corrected chi connectivity index (χ3v) is 16.5. The van der Waals surface area contributed by atoms with E-state index in [0.717, 1.165) is 38.4 Å². The second-order valence-corrected chi connectivity index (χ2v) is 16.0. The van der Waals surface area contributed by atoms with Crippen LogP contribution in [0, 0.1) is 37.4 Å². The molecule has 1 aliphatic heterocycles. The highest BCUT2D eigenvalue weighted by atomic mass is 127. The first kappa shape index (κ1) is 29.6. The van der Waals surface area contributed by atoms with E-state index >= 15 is 0 Å². The van der Waals surface area contributed by atoms with Gasteiger partial charge >= 0.3 is 21.3 Å². The number of halogens is 7. The molecule has 4 aliphatic carbocycles. The Hall–Kier alpha value is 1.07. The van der Waals surface area contributed by atoms with E-state index in [9.17, 15) is 26.4 Å². The van der Waals surface area contributed by atoms with Crippen molar-refractivity contribution in [3.8, 4) is 5.75 Å². The summed E-state index contributed by atoms with van der Waals surface area (Å²) in [6.45, 7) is -0.308. The highest BCUT2D eigenvalue weighted by Gasteiger charge is 2.68. The number of benzene rings is 1. The zero-order valence-corrected chi connectivity index (χ0v) is 28.4. The van der Waals surface area contributed by atoms with Crippen LogP contribution < -0.4 is 4.74 Å². The van der Waals surface area contributed by atoms with Gasteiger partial charge in [0.25, 0.3) is 0 Å². The first-order chi connectivity index (χ1) is 17.1. The fourth-order valence-corrected chi connectivity index (χ4v) is 10.5. The lowest BCUT2D eigenvalue weighted by atomic mass is 9.47. The molecule has 5 aliphatic rings. The molecule has 0 radical (unpaired) electrons. The minimum atomic E-state index is -5.92. The predicted octanol–water partition coefficient (Wildman–Crippen LogP) is 6.29. The van der Waals surface area contributed by atoms with Gasteiger partial charge in [0.15, 0.2) is 6.17 Å². The number of carbonyl (C=O) groups excluding carboxylic acids is 1. The molecule has 206 valence electrons. The molecule has 4 saturated carbocycles. The zero-order valence-electron chi connectivity index (χ0n) is 18.9. The molecule has 3 unspecified atom stereocenters. The van der Waals surface area contributed by atoms with Crippen molar-refractivity contribution in [1.29, 1.82) is 0 Å². The van der Waals surface area contributed by atoms with Crippen LogP contribution in [0.5, 0.6) is 5.75 Å². The smallest absolute Gasteiger partial charge is 0.400 e. The van der Waals surface area contributed by atoms with Gasteiger partial charge in [0, 0.05) is 34.5 Å². The Morgan fingerprint density at radius 2 is 1.68 bits per heavy atom. The topological polar surface area (TPSA) is 99.1 Å². The quantitative estimate of drug-likeness (QED) is 0.118. The molecule has 6 rings (SSSR count). The molecule has 0 amide bonds. The molecular weight excluding hydrogens is 973 g/mol. The van der Waals surface area contributed by atoms with Crippen LogP contribution in [0.4, 0.5) is 13.2 Å². The maximum atomic E-state index is 13.8. The Labute approximate surface area is 266 Å². The van der Waals surface area contributed by atoms with E-state index in [-0.39, 0.29) is 17.8 Å². The van der Waals surface area contributed by atoms with Gasteiger partial charge in [-0.2, -0.15) is 17.2 Å². The molecule has 1 aromatic carbocycles. The average Bonchev–Trinajstić information content (AvgIpc) is 2.83. The van der Waals surface area contributed by atoms with Crippen molar-refractivity contribution in [2.45, 2.75) is 62.3 Å². The monoisotopic (exact) mass is 994 g/mol. The average molecular weight is 994 g/mol. The second-order valence-electron chi connectivity index (χ2n) is 10.2. The Kier molecular flexibility index (Phi) is 8.08. The van der Waals surface area contributed by atoms with Gasteiger partial charge in [0.1, 0.15) is 5.75 Å². The molecule has 3 atom stereocenters. The molecule has 1 spiro atoms. The van der Waals surface area contributed by atoms with Crippen molar-refractivity contribution in [3.05, 3.63) is 19.8 Å². The Balaban J connectivity index is 1.32. The lowest BCUT2D eigenvalue weighted by molar-refractivity contribution is -0.326. The molecule has 0 aromatic heterocycles. The number of rotatable bonds is 6. The third-order valence-electron chi connectivity index (χ3n) is 8.09. The summed E-state index contributed by atoms with van der Waals surface area (Å²) in [5, 5.41) is -4.97. The lowest BCUT2D eigenvalue weighted by Gasteiger charge is -2.63. The van der Waals surface area contributed by atoms with Crippen molar-refractivity contribution < 1.29 is 45.1 Å².